The van der Waals surface area contributed by atoms with E-state index in [1.807, 2.05) is 0 Å². The lowest BCUT2D eigenvalue weighted by Crippen LogP contribution is -2.24. The van der Waals surface area contributed by atoms with Crippen LogP contribution in [0.25, 0.3) is 0 Å². The monoisotopic (exact) mass is 370 g/mol. The molecular weight excluding hydrogens is 358 g/mol. The van der Waals surface area contributed by atoms with E-state index in [-0.39, 0.29) is 15.6 Å². The van der Waals surface area contributed by atoms with Crippen molar-refractivity contribution in [3.63, 3.8) is 0 Å². The minimum atomic E-state index is -1.07. The van der Waals surface area contributed by atoms with E-state index in [4.69, 9.17) is 32.7 Å². The molecule has 0 radical (unpaired) electrons. The fraction of sp³-hybridized carbons (Fsp3) is 0.176. The summed E-state index contributed by atoms with van der Waals surface area (Å²) in [6.07, 6.45) is -1.07. The standard InChI is InChI=1S/C17H13Cl2FO4/c1-9(16(21)10-3-5-11(23-2)6-4-10)24-17(22)12-7-15(20)14(19)8-13(12)18/h3-9H,1-2H3/t9-/m0/s1. The first kappa shape index (κ1) is 18.2. The van der Waals surface area contributed by atoms with Gasteiger partial charge in [-0.25, -0.2) is 9.18 Å². The lowest BCUT2D eigenvalue weighted by Gasteiger charge is -2.13. The molecule has 24 heavy (non-hydrogen) atoms. The minimum absolute atomic E-state index is 0.0597. The Labute approximate surface area is 148 Å². The van der Waals surface area contributed by atoms with Crippen molar-refractivity contribution in [2.75, 3.05) is 7.11 Å². The van der Waals surface area contributed by atoms with Gasteiger partial charge >= 0.3 is 5.97 Å². The Morgan fingerprint density at radius 2 is 1.71 bits per heavy atom. The number of methoxy groups -OCH3 is 1. The highest BCUT2D eigenvalue weighted by Crippen LogP contribution is 2.25. The molecule has 0 aliphatic carbocycles. The second kappa shape index (κ2) is 7.64. The van der Waals surface area contributed by atoms with E-state index in [1.54, 1.807) is 24.3 Å². The molecule has 0 unspecified atom stereocenters. The summed E-state index contributed by atoms with van der Waals surface area (Å²) in [4.78, 5) is 24.4. The molecule has 0 aromatic heterocycles. The van der Waals surface area contributed by atoms with E-state index in [2.05, 4.69) is 0 Å². The Balaban J connectivity index is 2.13. The van der Waals surface area contributed by atoms with Crippen molar-refractivity contribution in [2.45, 2.75) is 13.0 Å². The van der Waals surface area contributed by atoms with Gasteiger partial charge in [0.25, 0.3) is 0 Å². The Bertz CT molecular complexity index is 775. The van der Waals surface area contributed by atoms with Crippen molar-refractivity contribution in [1.82, 2.24) is 0 Å². The van der Waals surface area contributed by atoms with Gasteiger partial charge in [0, 0.05) is 5.56 Å². The van der Waals surface area contributed by atoms with Gasteiger partial charge in [-0.3, -0.25) is 4.79 Å². The van der Waals surface area contributed by atoms with Crippen LogP contribution in [0.15, 0.2) is 36.4 Å². The molecule has 2 aromatic carbocycles. The Kier molecular flexibility index (Phi) is 5.80. The zero-order chi connectivity index (χ0) is 17.9. The lowest BCUT2D eigenvalue weighted by molar-refractivity contribution is 0.0318. The second-order valence-corrected chi connectivity index (χ2v) is 5.70. The van der Waals surface area contributed by atoms with Crippen molar-refractivity contribution >= 4 is 35.0 Å². The topological polar surface area (TPSA) is 52.6 Å². The van der Waals surface area contributed by atoms with E-state index >= 15 is 0 Å². The van der Waals surface area contributed by atoms with Crippen LogP contribution in [-0.2, 0) is 4.74 Å². The highest BCUT2D eigenvalue weighted by molar-refractivity contribution is 6.36. The summed E-state index contributed by atoms with van der Waals surface area (Å²) in [5.41, 5.74) is 0.150. The van der Waals surface area contributed by atoms with Crippen molar-refractivity contribution in [2.24, 2.45) is 0 Å². The zero-order valence-electron chi connectivity index (χ0n) is 12.8. The molecule has 1 atom stereocenters. The molecular formula is C17H13Cl2FO4. The summed E-state index contributed by atoms with van der Waals surface area (Å²) in [5.74, 6) is -1.52. The van der Waals surface area contributed by atoms with Crippen LogP contribution in [0.1, 0.15) is 27.6 Å². The van der Waals surface area contributed by atoms with Crippen LogP contribution in [0.2, 0.25) is 10.0 Å². The van der Waals surface area contributed by atoms with Gasteiger partial charge in [0.05, 0.1) is 22.7 Å². The number of halogens is 3. The molecule has 0 aliphatic rings. The van der Waals surface area contributed by atoms with Gasteiger partial charge in [-0.2, -0.15) is 0 Å². The molecule has 0 saturated carbocycles. The smallest absolute Gasteiger partial charge is 0.340 e. The second-order valence-electron chi connectivity index (χ2n) is 4.89. The maximum atomic E-state index is 13.5. The van der Waals surface area contributed by atoms with Gasteiger partial charge in [0.2, 0.25) is 5.78 Å². The van der Waals surface area contributed by atoms with E-state index in [0.717, 1.165) is 12.1 Å². The molecule has 126 valence electrons. The SMILES string of the molecule is COc1ccc(C(=O)[C@H](C)OC(=O)c2cc(F)c(Cl)cc2Cl)cc1. The third-order valence-electron chi connectivity index (χ3n) is 3.26. The highest BCUT2D eigenvalue weighted by Gasteiger charge is 2.23. The third-order valence-corrected chi connectivity index (χ3v) is 3.86. The first-order valence-electron chi connectivity index (χ1n) is 6.87. The average molecular weight is 371 g/mol. The first-order valence-corrected chi connectivity index (χ1v) is 7.63. The van der Waals surface area contributed by atoms with Crippen LogP contribution in [0.4, 0.5) is 4.39 Å². The summed E-state index contributed by atoms with van der Waals surface area (Å²) in [7, 11) is 1.51. The third kappa shape index (κ3) is 4.04. The van der Waals surface area contributed by atoms with Crippen molar-refractivity contribution in [3.8, 4) is 5.75 Å². The molecule has 0 spiro atoms. The first-order chi connectivity index (χ1) is 11.3. The number of rotatable bonds is 5. The minimum Gasteiger partial charge on any atom is -0.497 e. The summed E-state index contributed by atoms with van der Waals surface area (Å²) in [6.45, 7) is 1.42. The summed E-state index contributed by atoms with van der Waals surface area (Å²) in [5, 5.41) is -0.269. The van der Waals surface area contributed by atoms with E-state index in [0.29, 0.717) is 11.3 Å². The number of Topliss-reactive ketones (excluding diaryl/α,β-unsaturated/α-hetero) is 1. The van der Waals surface area contributed by atoms with Gasteiger partial charge in [-0.1, -0.05) is 23.2 Å². The molecule has 0 fully saturated rings. The van der Waals surface area contributed by atoms with E-state index in [9.17, 15) is 14.0 Å². The summed E-state index contributed by atoms with van der Waals surface area (Å²) >= 11 is 11.4. The summed E-state index contributed by atoms with van der Waals surface area (Å²) in [6, 6.07) is 8.32. The van der Waals surface area contributed by atoms with Gasteiger partial charge in [-0.15, -0.1) is 0 Å². The number of ether oxygens (including phenoxy) is 2. The number of carbonyl (C=O) groups excluding carboxylic acids is 2. The van der Waals surface area contributed by atoms with E-state index < -0.39 is 23.7 Å². The van der Waals surface area contributed by atoms with Crippen LogP contribution in [-0.4, -0.2) is 25.0 Å². The molecule has 2 aromatic rings. The highest BCUT2D eigenvalue weighted by atomic mass is 35.5. The largest absolute Gasteiger partial charge is 0.497 e. The molecule has 0 aliphatic heterocycles. The Hall–Kier alpha value is -2.11. The van der Waals surface area contributed by atoms with Gasteiger partial charge in [0.15, 0.2) is 6.10 Å². The fourth-order valence-corrected chi connectivity index (χ4v) is 2.41. The van der Waals surface area contributed by atoms with Gasteiger partial charge in [0.1, 0.15) is 11.6 Å². The van der Waals surface area contributed by atoms with Gasteiger partial charge < -0.3 is 9.47 Å². The van der Waals surface area contributed by atoms with Crippen molar-refractivity contribution < 1.29 is 23.5 Å². The molecule has 2 rings (SSSR count). The molecule has 7 heteroatoms. The van der Waals surface area contributed by atoms with Crippen molar-refractivity contribution in [1.29, 1.82) is 0 Å². The van der Waals surface area contributed by atoms with Crippen LogP contribution < -0.4 is 4.74 Å². The fourth-order valence-electron chi connectivity index (χ4n) is 1.95. The number of ketones is 1. The number of carbonyl (C=O) groups is 2. The predicted molar refractivity (Wildman–Crippen MR) is 88.6 cm³/mol. The molecule has 0 amide bonds. The molecule has 0 bridgehead atoms. The lowest BCUT2D eigenvalue weighted by atomic mass is 10.1. The number of hydrogen-bond donors (Lipinski definition) is 0. The van der Waals surface area contributed by atoms with Gasteiger partial charge in [-0.05, 0) is 43.3 Å². The number of hydrogen-bond acceptors (Lipinski definition) is 4. The van der Waals surface area contributed by atoms with Crippen LogP contribution >= 0.6 is 23.2 Å². The van der Waals surface area contributed by atoms with E-state index in [1.165, 1.54) is 14.0 Å². The number of esters is 1. The number of benzene rings is 2. The molecule has 0 N–H and O–H groups in total. The van der Waals surface area contributed by atoms with Crippen LogP contribution in [0, 0.1) is 5.82 Å². The maximum Gasteiger partial charge on any atom is 0.340 e. The molecule has 0 saturated heterocycles. The zero-order valence-corrected chi connectivity index (χ0v) is 14.3. The predicted octanol–water partition coefficient (Wildman–Crippen LogP) is 4.57. The molecule has 0 heterocycles. The summed E-state index contributed by atoms with van der Waals surface area (Å²) < 4.78 is 23.6. The Morgan fingerprint density at radius 3 is 2.29 bits per heavy atom. The van der Waals surface area contributed by atoms with Crippen LogP contribution in [0.5, 0.6) is 5.75 Å². The Morgan fingerprint density at radius 1 is 1.08 bits per heavy atom. The van der Waals surface area contributed by atoms with Crippen molar-refractivity contribution in [3.05, 3.63) is 63.4 Å². The quantitative estimate of drug-likeness (QED) is 0.439. The average Bonchev–Trinajstić information content (AvgIpc) is 2.57. The van der Waals surface area contributed by atoms with Crippen LogP contribution in [0.3, 0.4) is 0 Å². The normalized spacial score (nSPS) is 11.7. The maximum absolute atomic E-state index is 13.5. The molecule has 4 nitrogen and oxygen atoms in total.